The second-order valence-electron chi connectivity index (χ2n) is 9.20. The predicted molar refractivity (Wildman–Crippen MR) is 147 cm³/mol. The van der Waals surface area contributed by atoms with Gasteiger partial charge in [-0.3, -0.25) is 4.79 Å². The number of hydrogen-bond donors (Lipinski definition) is 1. The topological polar surface area (TPSA) is 55.4 Å². The van der Waals surface area contributed by atoms with Crippen molar-refractivity contribution in [2.75, 3.05) is 7.11 Å². The highest BCUT2D eigenvalue weighted by atomic mass is 16.5. The van der Waals surface area contributed by atoms with Gasteiger partial charge < -0.3 is 10.1 Å². The fraction of sp³-hybridized carbons (Fsp3) is 0.212. The molecule has 1 N–H and O–H groups in total. The van der Waals surface area contributed by atoms with Gasteiger partial charge in [-0.15, -0.1) is 0 Å². The molecular formula is C33H33NO3. The lowest BCUT2D eigenvalue weighted by Crippen LogP contribution is -2.45. The molecular weight excluding hydrogens is 458 g/mol. The zero-order valence-corrected chi connectivity index (χ0v) is 21.2. The maximum atomic E-state index is 13.7. The zero-order valence-electron chi connectivity index (χ0n) is 21.2. The highest BCUT2D eigenvalue weighted by Gasteiger charge is 2.39. The van der Waals surface area contributed by atoms with Gasteiger partial charge in [-0.25, -0.2) is 4.79 Å². The third kappa shape index (κ3) is 6.34. The predicted octanol–water partition coefficient (Wildman–Crippen LogP) is 6.09. The van der Waals surface area contributed by atoms with Crippen molar-refractivity contribution in [3.63, 3.8) is 0 Å². The van der Waals surface area contributed by atoms with Gasteiger partial charge in [0.05, 0.1) is 12.5 Å². The largest absolute Gasteiger partial charge is 0.467 e. The Labute approximate surface area is 219 Å². The summed E-state index contributed by atoms with van der Waals surface area (Å²) in [6, 6.07) is 39.7. The number of carbonyl (C=O) groups is 2. The number of rotatable bonds is 11. The molecule has 0 aromatic heterocycles. The van der Waals surface area contributed by atoms with Crippen LogP contribution in [-0.2, 0) is 26.2 Å². The first-order valence-corrected chi connectivity index (χ1v) is 12.7. The minimum absolute atomic E-state index is 0.150. The normalized spacial score (nSPS) is 11.9. The van der Waals surface area contributed by atoms with E-state index in [1.54, 1.807) is 0 Å². The monoisotopic (exact) mass is 491 g/mol. The lowest BCUT2D eigenvalue weighted by Gasteiger charge is -2.36. The summed E-state index contributed by atoms with van der Waals surface area (Å²) >= 11 is 0. The maximum Gasteiger partial charge on any atom is 0.328 e. The molecule has 4 aromatic rings. The Morgan fingerprint density at radius 2 is 1.14 bits per heavy atom. The summed E-state index contributed by atoms with van der Waals surface area (Å²) in [6.07, 6.45) is 2.23. The molecule has 37 heavy (non-hydrogen) atoms. The molecule has 0 saturated heterocycles. The van der Waals surface area contributed by atoms with Gasteiger partial charge in [0.1, 0.15) is 6.04 Å². The van der Waals surface area contributed by atoms with Crippen molar-refractivity contribution in [3.8, 4) is 0 Å². The molecule has 0 aliphatic heterocycles. The van der Waals surface area contributed by atoms with E-state index in [9.17, 15) is 9.59 Å². The molecule has 0 radical (unpaired) electrons. The summed E-state index contributed by atoms with van der Waals surface area (Å²) in [7, 11) is 1.36. The second kappa shape index (κ2) is 12.7. The van der Waals surface area contributed by atoms with Crippen LogP contribution in [0.3, 0.4) is 0 Å². The fourth-order valence-electron chi connectivity index (χ4n) is 5.01. The third-order valence-corrected chi connectivity index (χ3v) is 6.85. The van der Waals surface area contributed by atoms with Gasteiger partial charge in [0.2, 0.25) is 5.91 Å². The lowest BCUT2D eigenvalue weighted by molar-refractivity contribution is -0.145. The highest BCUT2D eigenvalue weighted by Crippen LogP contribution is 2.42. The van der Waals surface area contributed by atoms with Crippen molar-refractivity contribution in [1.29, 1.82) is 0 Å². The molecule has 1 atom stereocenters. The van der Waals surface area contributed by atoms with E-state index in [0.29, 0.717) is 6.42 Å². The van der Waals surface area contributed by atoms with Crippen LogP contribution >= 0.6 is 0 Å². The van der Waals surface area contributed by atoms with Crippen LogP contribution in [0, 0.1) is 0 Å². The molecule has 1 amide bonds. The number of hydrogen-bond acceptors (Lipinski definition) is 3. The highest BCUT2D eigenvalue weighted by molar-refractivity contribution is 5.86. The van der Waals surface area contributed by atoms with Gasteiger partial charge in [-0.1, -0.05) is 121 Å². The van der Waals surface area contributed by atoms with Crippen LogP contribution in [0.2, 0.25) is 0 Å². The van der Waals surface area contributed by atoms with Gasteiger partial charge in [-0.2, -0.15) is 0 Å². The van der Waals surface area contributed by atoms with E-state index in [0.717, 1.165) is 29.5 Å². The summed E-state index contributed by atoms with van der Waals surface area (Å²) in [5, 5.41) is 3.01. The number of amides is 1. The van der Waals surface area contributed by atoms with Crippen molar-refractivity contribution >= 4 is 11.9 Å². The van der Waals surface area contributed by atoms with Crippen molar-refractivity contribution in [2.24, 2.45) is 0 Å². The van der Waals surface area contributed by atoms with E-state index in [4.69, 9.17) is 4.74 Å². The molecule has 4 aromatic carbocycles. The molecule has 0 aliphatic rings. The summed E-state index contributed by atoms with van der Waals surface area (Å²) in [6.45, 7) is 0. The summed E-state index contributed by atoms with van der Waals surface area (Å²) in [5.74, 6) is -0.627. The van der Waals surface area contributed by atoms with Crippen molar-refractivity contribution < 1.29 is 14.3 Å². The lowest BCUT2D eigenvalue weighted by atomic mass is 9.67. The van der Waals surface area contributed by atoms with Crippen LogP contribution in [0.25, 0.3) is 0 Å². The molecule has 0 saturated carbocycles. The SMILES string of the molecule is COC(=O)[C@H](CCCc1ccccc1)NC(=O)CC(c1ccccc1)(c1ccccc1)c1ccccc1. The van der Waals surface area contributed by atoms with Gasteiger partial charge in [0.15, 0.2) is 0 Å². The number of carbonyl (C=O) groups excluding carboxylic acids is 2. The van der Waals surface area contributed by atoms with Crippen molar-refractivity contribution in [2.45, 2.75) is 37.1 Å². The first kappa shape index (κ1) is 25.9. The number of ether oxygens (including phenoxy) is 1. The molecule has 188 valence electrons. The van der Waals surface area contributed by atoms with Crippen LogP contribution in [-0.4, -0.2) is 25.0 Å². The molecule has 4 nitrogen and oxygen atoms in total. The average molecular weight is 492 g/mol. The van der Waals surface area contributed by atoms with Crippen LogP contribution in [0.1, 0.15) is 41.5 Å². The van der Waals surface area contributed by atoms with E-state index in [1.165, 1.54) is 12.7 Å². The molecule has 4 heteroatoms. The van der Waals surface area contributed by atoms with E-state index in [1.807, 2.05) is 72.8 Å². The molecule has 0 fully saturated rings. The quantitative estimate of drug-likeness (QED) is 0.204. The Morgan fingerprint density at radius 3 is 1.57 bits per heavy atom. The smallest absolute Gasteiger partial charge is 0.328 e. The molecule has 0 aliphatic carbocycles. The Balaban J connectivity index is 1.63. The minimum Gasteiger partial charge on any atom is -0.467 e. The number of esters is 1. The first-order chi connectivity index (χ1) is 18.1. The maximum absolute atomic E-state index is 13.7. The van der Waals surface area contributed by atoms with Crippen LogP contribution in [0.4, 0.5) is 0 Å². The van der Waals surface area contributed by atoms with Crippen LogP contribution in [0.5, 0.6) is 0 Å². The summed E-state index contributed by atoms with van der Waals surface area (Å²) < 4.78 is 5.05. The van der Waals surface area contributed by atoms with Gasteiger partial charge in [0, 0.05) is 6.42 Å². The van der Waals surface area contributed by atoms with E-state index in [2.05, 4.69) is 53.8 Å². The van der Waals surface area contributed by atoms with Crippen molar-refractivity contribution in [3.05, 3.63) is 144 Å². The number of benzene rings is 4. The molecule has 0 bridgehead atoms. The van der Waals surface area contributed by atoms with Gasteiger partial charge in [0.25, 0.3) is 0 Å². The molecule has 4 rings (SSSR count). The number of methoxy groups -OCH3 is 1. The van der Waals surface area contributed by atoms with E-state index in [-0.39, 0.29) is 12.3 Å². The number of nitrogens with one attached hydrogen (secondary N) is 1. The minimum atomic E-state index is -0.724. The summed E-state index contributed by atoms with van der Waals surface area (Å²) in [4.78, 5) is 26.4. The van der Waals surface area contributed by atoms with Crippen LogP contribution in [0.15, 0.2) is 121 Å². The zero-order chi connectivity index (χ0) is 25.9. The van der Waals surface area contributed by atoms with Crippen molar-refractivity contribution in [1.82, 2.24) is 5.32 Å². The van der Waals surface area contributed by atoms with E-state index >= 15 is 0 Å². The molecule has 0 unspecified atom stereocenters. The van der Waals surface area contributed by atoms with E-state index < -0.39 is 17.4 Å². The number of aryl methyl sites for hydroxylation is 1. The Bertz CT molecular complexity index is 1160. The standard InChI is InChI=1S/C33H33NO3/c1-37-32(36)30(24-14-17-26-15-6-2-7-16-26)34-31(35)25-33(27-18-8-3-9-19-27,28-20-10-4-11-21-28)29-22-12-5-13-23-29/h2-13,15-16,18-23,30H,14,17,24-25H2,1H3,(H,34,35)/t30-/m0/s1. The van der Waals surface area contributed by atoms with Crippen LogP contribution < -0.4 is 5.32 Å². The molecule has 0 spiro atoms. The first-order valence-electron chi connectivity index (χ1n) is 12.7. The third-order valence-electron chi connectivity index (χ3n) is 6.85. The summed E-state index contributed by atoms with van der Waals surface area (Å²) in [5.41, 5.74) is 3.52. The molecule has 0 heterocycles. The van der Waals surface area contributed by atoms with Gasteiger partial charge in [-0.05, 0) is 41.5 Å². The van der Waals surface area contributed by atoms with Gasteiger partial charge >= 0.3 is 5.97 Å². The Kier molecular flexibility index (Phi) is 8.88. The second-order valence-corrected chi connectivity index (χ2v) is 9.20. The Morgan fingerprint density at radius 1 is 0.703 bits per heavy atom. The Hall–Kier alpha value is -4.18. The average Bonchev–Trinajstić information content (AvgIpc) is 2.97. The fourth-order valence-corrected chi connectivity index (χ4v) is 5.01.